The molecule has 1 N–H and O–H groups in total. The van der Waals surface area contributed by atoms with Crippen LogP contribution in [0.1, 0.15) is 41.9 Å². The number of hydrogen-bond acceptors (Lipinski definition) is 4. The number of benzene rings is 1. The molecule has 3 rings (SSSR count). The van der Waals surface area contributed by atoms with Crippen molar-refractivity contribution >= 4 is 11.3 Å². The van der Waals surface area contributed by atoms with E-state index in [0.29, 0.717) is 5.75 Å². The van der Waals surface area contributed by atoms with Crippen molar-refractivity contribution < 1.29 is 13.5 Å². The van der Waals surface area contributed by atoms with Gasteiger partial charge in [0, 0.05) is 17.6 Å². The largest absolute Gasteiger partial charge is 0.488 e. The van der Waals surface area contributed by atoms with Crippen LogP contribution in [0, 0.1) is 6.92 Å². The van der Waals surface area contributed by atoms with Crippen molar-refractivity contribution in [2.75, 3.05) is 6.61 Å². The predicted octanol–water partition coefficient (Wildman–Crippen LogP) is 4.65. The van der Waals surface area contributed by atoms with Crippen LogP contribution in [0.15, 0.2) is 29.6 Å². The number of hydrogen-bond donors (Lipinski definition) is 1. The first-order valence-electron chi connectivity index (χ1n) is 8.25. The molecule has 1 heterocycles. The summed E-state index contributed by atoms with van der Waals surface area (Å²) in [7, 11) is 0. The summed E-state index contributed by atoms with van der Waals surface area (Å²) < 4.78 is 29.3. The summed E-state index contributed by atoms with van der Waals surface area (Å²) in [6.07, 6.45) is 2.19. The van der Waals surface area contributed by atoms with E-state index in [2.05, 4.69) is 10.7 Å². The third-order valence-corrected chi connectivity index (χ3v) is 5.58. The van der Waals surface area contributed by atoms with Gasteiger partial charge in [-0.2, -0.15) is 0 Å². The molecule has 0 bridgehead atoms. The molecule has 0 amide bonds. The minimum Gasteiger partial charge on any atom is -0.488 e. The molecule has 24 heavy (non-hydrogen) atoms. The van der Waals surface area contributed by atoms with E-state index in [-0.39, 0.29) is 5.54 Å². The Kier molecular flexibility index (Phi) is 5.46. The van der Waals surface area contributed by atoms with Gasteiger partial charge in [0.25, 0.3) is 6.43 Å². The molecule has 130 valence electrons. The highest BCUT2D eigenvalue weighted by molar-refractivity contribution is 7.09. The quantitative estimate of drug-likeness (QED) is 0.787. The summed E-state index contributed by atoms with van der Waals surface area (Å²) >= 11 is 1.73. The normalized spacial score (nSPS) is 16.7. The van der Waals surface area contributed by atoms with Gasteiger partial charge in [0.1, 0.15) is 17.4 Å². The molecule has 0 aliphatic heterocycles. The summed E-state index contributed by atoms with van der Waals surface area (Å²) in [4.78, 5) is 4.70. The lowest BCUT2D eigenvalue weighted by atomic mass is 9.98. The fourth-order valence-corrected chi connectivity index (χ4v) is 4.19. The van der Waals surface area contributed by atoms with Gasteiger partial charge in [-0.1, -0.05) is 25.0 Å². The summed E-state index contributed by atoms with van der Waals surface area (Å²) in [6.45, 7) is 2.19. The first kappa shape index (κ1) is 17.3. The van der Waals surface area contributed by atoms with E-state index in [9.17, 15) is 8.78 Å². The number of aromatic nitrogens is 1. The molecular weight excluding hydrogens is 330 g/mol. The molecular formula is C18H22F2N2OS. The molecule has 0 spiro atoms. The minimum absolute atomic E-state index is 0.0240. The van der Waals surface area contributed by atoms with Crippen molar-refractivity contribution in [3.8, 4) is 5.75 Å². The van der Waals surface area contributed by atoms with Gasteiger partial charge in [0.15, 0.2) is 0 Å². The first-order valence-corrected chi connectivity index (χ1v) is 9.13. The number of thiazole rings is 1. The molecule has 6 heteroatoms. The predicted molar refractivity (Wildman–Crippen MR) is 91.8 cm³/mol. The second-order valence-corrected chi connectivity index (χ2v) is 7.14. The maximum atomic E-state index is 12.2. The average molecular weight is 352 g/mol. The van der Waals surface area contributed by atoms with Gasteiger partial charge in [0.05, 0.1) is 5.54 Å². The van der Waals surface area contributed by atoms with E-state index in [0.717, 1.165) is 30.6 Å². The number of alkyl halides is 2. The zero-order valence-corrected chi connectivity index (χ0v) is 14.5. The van der Waals surface area contributed by atoms with Gasteiger partial charge in [-0.25, -0.2) is 13.8 Å². The van der Waals surface area contributed by atoms with Crippen molar-refractivity contribution in [1.29, 1.82) is 0 Å². The summed E-state index contributed by atoms with van der Waals surface area (Å²) in [5.74, 6) is 0.477. The molecule has 1 aromatic carbocycles. The highest BCUT2D eigenvalue weighted by atomic mass is 32.1. The third-order valence-electron chi connectivity index (χ3n) is 4.42. The van der Waals surface area contributed by atoms with Crippen molar-refractivity contribution in [3.05, 3.63) is 45.9 Å². The molecule has 1 saturated carbocycles. The molecule has 0 radical (unpaired) electrons. The number of aryl methyl sites for hydroxylation is 1. The monoisotopic (exact) mass is 352 g/mol. The Morgan fingerprint density at radius 2 is 1.96 bits per heavy atom. The highest BCUT2D eigenvalue weighted by Crippen LogP contribution is 2.40. The van der Waals surface area contributed by atoms with E-state index in [1.807, 2.05) is 19.1 Å². The lowest BCUT2D eigenvalue weighted by molar-refractivity contribution is 0.0819. The van der Waals surface area contributed by atoms with Crippen LogP contribution in [-0.4, -0.2) is 18.0 Å². The average Bonchev–Trinajstić information content (AvgIpc) is 3.22. The number of nitrogens with zero attached hydrogens (tertiary/aromatic N) is 1. The van der Waals surface area contributed by atoms with Crippen LogP contribution < -0.4 is 10.1 Å². The van der Waals surface area contributed by atoms with Gasteiger partial charge in [-0.05, 0) is 37.5 Å². The lowest BCUT2D eigenvalue weighted by Gasteiger charge is -2.28. The van der Waals surface area contributed by atoms with Gasteiger partial charge in [0.2, 0.25) is 0 Å². The fraction of sp³-hybridized carbons (Fsp3) is 0.500. The summed E-state index contributed by atoms with van der Waals surface area (Å²) in [5.41, 5.74) is 2.16. The topological polar surface area (TPSA) is 34.1 Å². The number of nitrogens with one attached hydrogen (secondary N) is 1. The Morgan fingerprint density at radius 1 is 1.25 bits per heavy atom. The zero-order chi connectivity index (χ0) is 17.0. The molecule has 1 aromatic heterocycles. The van der Waals surface area contributed by atoms with Crippen molar-refractivity contribution in [2.45, 2.75) is 51.1 Å². The SMILES string of the molecule is Cc1csc(C2(NCc3ccc(OCC(F)F)cc3)CCCC2)n1. The van der Waals surface area contributed by atoms with Crippen LogP contribution in [0.4, 0.5) is 8.78 Å². The molecule has 3 nitrogen and oxygen atoms in total. The van der Waals surface area contributed by atoms with Gasteiger partial charge >= 0.3 is 0 Å². The van der Waals surface area contributed by atoms with Gasteiger partial charge in [-0.3, -0.25) is 0 Å². The van der Waals surface area contributed by atoms with Gasteiger partial charge < -0.3 is 10.1 Å². The highest BCUT2D eigenvalue weighted by Gasteiger charge is 2.37. The second kappa shape index (κ2) is 7.57. The molecule has 0 saturated heterocycles. The van der Waals surface area contributed by atoms with Crippen LogP contribution in [0.25, 0.3) is 0 Å². The van der Waals surface area contributed by atoms with E-state index < -0.39 is 13.0 Å². The lowest BCUT2D eigenvalue weighted by Crippen LogP contribution is -2.39. The van der Waals surface area contributed by atoms with Crippen molar-refractivity contribution in [2.24, 2.45) is 0 Å². The Bertz CT molecular complexity index is 651. The minimum atomic E-state index is -2.45. The van der Waals surface area contributed by atoms with Crippen LogP contribution in [0.3, 0.4) is 0 Å². The summed E-state index contributed by atoms with van der Waals surface area (Å²) in [5, 5.41) is 6.98. The second-order valence-electron chi connectivity index (χ2n) is 6.28. The molecule has 2 aromatic rings. The maximum absolute atomic E-state index is 12.2. The number of ether oxygens (including phenoxy) is 1. The van der Waals surface area contributed by atoms with E-state index in [1.165, 1.54) is 17.8 Å². The van der Waals surface area contributed by atoms with Crippen LogP contribution in [0.2, 0.25) is 0 Å². The molecule has 1 aliphatic rings. The zero-order valence-electron chi connectivity index (χ0n) is 13.7. The smallest absolute Gasteiger partial charge is 0.272 e. The van der Waals surface area contributed by atoms with Crippen LogP contribution >= 0.6 is 11.3 Å². The molecule has 1 fully saturated rings. The van der Waals surface area contributed by atoms with E-state index in [1.54, 1.807) is 23.5 Å². The Hall–Kier alpha value is -1.53. The number of halogens is 2. The Morgan fingerprint density at radius 3 is 2.54 bits per heavy atom. The Labute approximate surface area is 145 Å². The van der Waals surface area contributed by atoms with E-state index in [4.69, 9.17) is 9.72 Å². The third kappa shape index (κ3) is 4.11. The van der Waals surface area contributed by atoms with Crippen molar-refractivity contribution in [1.82, 2.24) is 10.3 Å². The number of rotatable bonds is 7. The molecule has 1 aliphatic carbocycles. The molecule has 0 atom stereocenters. The van der Waals surface area contributed by atoms with Crippen molar-refractivity contribution in [3.63, 3.8) is 0 Å². The maximum Gasteiger partial charge on any atom is 0.272 e. The van der Waals surface area contributed by atoms with Crippen LogP contribution in [-0.2, 0) is 12.1 Å². The standard InChI is InChI=1S/C18H22F2N2OS/c1-13-12-24-17(22-13)18(8-2-3-9-18)21-10-14-4-6-15(7-5-14)23-11-16(19)20/h4-7,12,16,21H,2-3,8-11H2,1H3. The fourth-order valence-electron chi connectivity index (χ4n) is 3.15. The first-order chi connectivity index (χ1) is 11.6. The summed E-state index contributed by atoms with van der Waals surface area (Å²) in [6, 6.07) is 7.33. The Balaban J connectivity index is 1.63. The van der Waals surface area contributed by atoms with Crippen LogP contribution in [0.5, 0.6) is 5.75 Å². The van der Waals surface area contributed by atoms with Gasteiger partial charge in [-0.15, -0.1) is 11.3 Å². The molecule has 0 unspecified atom stereocenters. The van der Waals surface area contributed by atoms with E-state index >= 15 is 0 Å².